The maximum atomic E-state index is 13.3. The average Bonchev–Trinajstić information content (AvgIpc) is 2.55. The molecule has 2 aromatic carbocycles. The highest BCUT2D eigenvalue weighted by Gasteiger charge is 2.13. The minimum Gasteiger partial charge on any atom is -0.496 e. The van der Waals surface area contributed by atoms with E-state index in [4.69, 9.17) is 9.47 Å². The molecule has 0 radical (unpaired) electrons. The zero-order valence-corrected chi connectivity index (χ0v) is 14.4. The lowest BCUT2D eigenvalue weighted by Crippen LogP contribution is -2.23. The van der Waals surface area contributed by atoms with Crippen molar-refractivity contribution in [3.63, 3.8) is 0 Å². The number of methoxy groups -OCH3 is 1. The normalized spacial score (nSPS) is 10.3. The number of ether oxygens (including phenoxy) is 2. The van der Waals surface area contributed by atoms with Crippen molar-refractivity contribution < 1.29 is 18.7 Å². The Bertz CT molecular complexity index is 706. The Morgan fingerprint density at radius 3 is 2.70 bits per heavy atom. The summed E-state index contributed by atoms with van der Waals surface area (Å²) in [5.74, 6) is 0.151. The van der Waals surface area contributed by atoms with E-state index in [1.54, 1.807) is 0 Å². The number of carbonyl (C=O) groups is 1. The van der Waals surface area contributed by atoms with Gasteiger partial charge in [-0.3, -0.25) is 4.79 Å². The fourth-order valence-corrected chi connectivity index (χ4v) is 2.42. The Morgan fingerprint density at radius 1 is 1.22 bits per heavy atom. The first kappa shape index (κ1) is 17.3. The van der Waals surface area contributed by atoms with Crippen LogP contribution in [0.4, 0.5) is 4.39 Å². The van der Waals surface area contributed by atoms with Gasteiger partial charge in [-0.1, -0.05) is 6.07 Å². The van der Waals surface area contributed by atoms with Crippen molar-refractivity contribution in [2.75, 3.05) is 13.7 Å². The second-order valence-corrected chi connectivity index (χ2v) is 5.58. The molecule has 2 aromatic rings. The Labute approximate surface area is 142 Å². The van der Waals surface area contributed by atoms with E-state index in [0.717, 1.165) is 16.1 Å². The summed E-state index contributed by atoms with van der Waals surface area (Å²) in [6, 6.07) is 9.40. The molecular weight excluding hydrogens is 365 g/mol. The first-order chi connectivity index (χ1) is 11.0. The Balaban J connectivity index is 2.10. The van der Waals surface area contributed by atoms with Crippen LogP contribution in [0.2, 0.25) is 0 Å². The minimum absolute atomic E-state index is 0.162. The van der Waals surface area contributed by atoms with Crippen LogP contribution in [0.5, 0.6) is 11.5 Å². The minimum atomic E-state index is -0.488. The van der Waals surface area contributed by atoms with Crippen molar-refractivity contribution in [3.8, 4) is 11.5 Å². The summed E-state index contributed by atoms with van der Waals surface area (Å²) < 4.78 is 24.8. The molecule has 0 bridgehead atoms. The number of amides is 1. The topological polar surface area (TPSA) is 47.6 Å². The van der Waals surface area contributed by atoms with Crippen molar-refractivity contribution in [1.29, 1.82) is 0 Å². The van der Waals surface area contributed by atoms with E-state index in [1.807, 2.05) is 25.1 Å². The van der Waals surface area contributed by atoms with Crippen LogP contribution >= 0.6 is 15.9 Å². The molecule has 0 fully saturated rings. The monoisotopic (exact) mass is 381 g/mol. The molecule has 0 atom stereocenters. The first-order valence-corrected chi connectivity index (χ1v) is 7.87. The van der Waals surface area contributed by atoms with E-state index in [1.165, 1.54) is 19.2 Å². The van der Waals surface area contributed by atoms with Crippen LogP contribution in [0.1, 0.15) is 22.8 Å². The first-order valence-electron chi connectivity index (χ1n) is 7.08. The molecule has 0 aromatic heterocycles. The van der Waals surface area contributed by atoms with Gasteiger partial charge in [-0.2, -0.15) is 0 Å². The fourth-order valence-electron chi connectivity index (χ4n) is 2.06. The number of benzene rings is 2. The van der Waals surface area contributed by atoms with Gasteiger partial charge < -0.3 is 14.8 Å². The summed E-state index contributed by atoms with van der Waals surface area (Å²) in [6.07, 6.45) is 0. The highest BCUT2D eigenvalue weighted by atomic mass is 79.9. The fraction of sp³-hybridized carbons (Fsp3) is 0.235. The molecule has 2 rings (SSSR count). The third-order valence-electron chi connectivity index (χ3n) is 3.15. The van der Waals surface area contributed by atoms with Crippen LogP contribution < -0.4 is 14.8 Å². The molecule has 0 aliphatic rings. The van der Waals surface area contributed by atoms with Crippen LogP contribution in [-0.4, -0.2) is 19.6 Å². The Hall–Kier alpha value is -2.08. The second kappa shape index (κ2) is 7.97. The molecule has 0 saturated carbocycles. The van der Waals surface area contributed by atoms with Crippen molar-refractivity contribution in [2.45, 2.75) is 13.5 Å². The zero-order chi connectivity index (χ0) is 16.8. The Morgan fingerprint density at radius 2 is 2.00 bits per heavy atom. The van der Waals surface area contributed by atoms with Crippen molar-refractivity contribution in [3.05, 3.63) is 57.8 Å². The van der Waals surface area contributed by atoms with E-state index in [2.05, 4.69) is 21.2 Å². The largest absolute Gasteiger partial charge is 0.496 e. The van der Waals surface area contributed by atoms with E-state index >= 15 is 0 Å². The number of hydrogen-bond acceptors (Lipinski definition) is 3. The molecule has 0 heterocycles. The van der Waals surface area contributed by atoms with Gasteiger partial charge in [0.1, 0.15) is 17.3 Å². The van der Waals surface area contributed by atoms with Crippen LogP contribution in [-0.2, 0) is 6.54 Å². The van der Waals surface area contributed by atoms with Gasteiger partial charge in [0.15, 0.2) is 0 Å². The third-order valence-corrected chi connectivity index (χ3v) is 3.81. The van der Waals surface area contributed by atoms with Gasteiger partial charge in [0, 0.05) is 6.54 Å². The molecule has 0 saturated heterocycles. The number of halogens is 2. The van der Waals surface area contributed by atoms with Crippen LogP contribution in [0.25, 0.3) is 0 Å². The van der Waals surface area contributed by atoms with Crippen LogP contribution in [0.3, 0.4) is 0 Å². The molecule has 23 heavy (non-hydrogen) atoms. The molecular formula is C17H17BrFNO3. The summed E-state index contributed by atoms with van der Waals surface area (Å²) in [5, 5.41) is 2.75. The number of rotatable bonds is 6. The molecule has 0 aliphatic carbocycles. The van der Waals surface area contributed by atoms with E-state index in [0.29, 0.717) is 24.7 Å². The van der Waals surface area contributed by atoms with Gasteiger partial charge >= 0.3 is 0 Å². The van der Waals surface area contributed by atoms with Crippen LogP contribution in [0, 0.1) is 5.82 Å². The summed E-state index contributed by atoms with van der Waals surface area (Å²) in [6.45, 7) is 2.75. The van der Waals surface area contributed by atoms with Gasteiger partial charge in [0.2, 0.25) is 0 Å². The maximum Gasteiger partial charge on any atom is 0.255 e. The standard InChI is InChI=1S/C17H17BrFNO3/c1-3-23-16-8-11(4-6-14(16)18)10-20-17(21)13-9-12(19)5-7-15(13)22-2/h4-9H,3,10H2,1-2H3,(H,20,21). The summed E-state index contributed by atoms with van der Waals surface area (Å²) >= 11 is 3.40. The molecule has 1 N–H and O–H groups in total. The van der Waals surface area contributed by atoms with Crippen molar-refractivity contribution in [1.82, 2.24) is 5.32 Å². The van der Waals surface area contributed by atoms with E-state index in [-0.39, 0.29) is 5.56 Å². The van der Waals surface area contributed by atoms with Crippen molar-refractivity contribution >= 4 is 21.8 Å². The lowest BCUT2D eigenvalue weighted by Gasteiger charge is -2.11. The molecule has 6 heteroatoms. The predicted octanol–water partition coefficient (Wildman–Crippen LogP) is 3.93. The molecule has 0 unspecified atom stereocenters. The molecule has 1 amide bonds. The molecule has 0 aliphatic heterocycles. The quantitative estimate of drug-likeness (QED) is 0.824. The molecule has 0 spiro atoms. The molecule has 122 valence electrons. The second-order valence-electron chi connectivity index (χ2n) is 4.73. The van der Waals surface area contributed by atoms with Gasteiger partial charge in [-0.25, -0.2) is 4.39 Å². The lowest BCUT2D eigenvalue weighted by molar-refractivity contribution is 0.0947. The number of nitrogens with one attached hydrogen (secondary N) is 1. The van der Waals surface area contributed by atoms with Crippen molar-refractivity contribution in [2.24, 2.45) is 0 Å². The summed E-state index contributed by atoms with van der Waals surface area (Å²) in [4.78, 5) is 12.2. The van der Waals surface area contributed by atoms with Gasteiger partial charge in [0.05, 0.1) is 23.8 Å². The third kappa shape index (κ3) is 4.45. The SMILES string of the molecule is CCOc1cc(CNC(=O)c2cc(F)ccc2OC)ccc1Br. The maximum absolute atomic E-state index is 13.3. The average molecular weight is 382 g/mol. The zero-order valence-electron chi connectivity index (χ0n) is 12.9. The highest BCUT2D eigenvalue weighted by molar-refractivity contribution is 9.10. The van der Waals surface area contributed by atoms with E-state index in [9.17, 15) is 9.18 Å². The van der Waals surface area contributed by atoms with Gasteiger partial charge in [-0.05, 0) is 58.7 Å². The number of hydrogen-bond donors (Lipinski definition) is 1. The Kier molecular flexibility index (Phi) is 5.98. The lowest BCUT2D eigenvalue weighted by atomic mass is 10.1. The summed E-state index contributed by atoms with van der Waals surface area (Å²) in [7, 11) is 1.44. The predicted molar refractivity (Wildman–Crippen MR) is 89.4 cm³/mol. The van der Waals surface area contributed by atoms with Gasteiger partial charge in [0.25, 0.3) is 5.91 Å². The summed E-state index contributed by atoms with van der Waals surface area (Å²) in [5.41, 5.74) is 1.04. The van der Waals surface area contributed by atoms with E-state index < -0.39 is 11.7 Å². The van der Waals surface area contributed by atoms with Crippen LogP contribution in [0.15, 0.2) is 40.9 Å². The highest BCUT2D eigenvalue weighted by Crippen LogP contribution is 2.26. The van der Waals surface area contributed by atoms with Gasteiger partial charge in [-0.15, -0.1) is 0 Å². The number of carbonyl (C=O) groups excluding carboxylic acids is 1. The smallest absolute Gasteiger partial charge is 0.255 e. The molecule has 4 nitrogen and oxygen atoms in total.